The van der Waals surface area contributed by atoms with Crippen LogP contribution in [0.2, 0.25) is 0 Å². The van der Waals surface area contributed by atoms with E-state index in [0.29, 0.717) is 47.4 Å². The Kier molecular flexibility index (Phi) is 6.48. The Labute approximate surface area is 151 Å². The second kappa shape index (κ2) is 9.02. The minimum absolute atomic E-state index is 0.0357. The molecule has 0 amide bonds. The molecular formula is C18H22O8. The van der Waals surface area contributed by atoms with Crippen molar-refractivity contribution in [2.24, 2.45) is 0 Å². The zero-order valence-corrected chi connectivity index (χ0v) is 14.7. The molecule has 0 bridgehead atoms. The van der Waals surface area contributed by atoms with Gasteiger partial charge in [-0.1, -0.05) is 0 Å². The van der Waals surface area contributed by atoms with Crippen LogP contribution in [0.1, 0.15) is 17.6 Å². The summed E-state index contributed by atoms with van der Waals surface area (Å²) in [5, 5.41) is 9.83. The molecule has 1 aromatic carbocycles. The monoisotopic (exact) mass is 366 g/mol. The molecule has 142 valence electrons. The Balaban J connectivity index is 1.97. The first-order chi connectivity index (χ1) is 12.8. The summed E-state index contributed by atoms with van der Waals surface area (Å²) in [6.45, 7) is 0.936. The van der Waals surface area contributed by atoms with E-state index < -0.39 is 6.29 Å². The van der Waals surface area contributed by atoms with Gasteiger partial charge in [-0.25, -0.2) is 0 Å². The third-order valence-electron chi connectivity index (χ3n) is 3.73. The first-order valence-corrected chi connectivity index (χ1v) is 8.11. The fraction of sp³-hybridized carbons (Fsp3) is 0.444. The average molecular weight is 366 g/mol. The lowest BCUT2D eigenvalue weighted by molar-refractivity contribution is -0.0585. The number of hydrogen-bond acceptors (Lipinski definition) is 8. The van der Waals surface area contributed by atoms with E-state index in [1.165, 1.54) is 14.2 Å². The highest BCUT2D eigenvalue weighted by Crippen LogP contribution is 2.39. The van der Waals surface area contributed by atoms with Crippen LogP contribution in [0.5, 0.6) is 11.5 Å². The summed E-state index contributed by atoms with van der Waals surface area (Å²) in [5.74, 6) is 2.03. The van der Waals surface area contributed by atoms with E-state index >= 15 is 0 Å². The number of benzene rings is 1. The van der Waals surface area contributed by atoms with Crippen LogP contribution in [-0.2, 0) is 25.6 Å². The second-order valence-electron chi connectivity index (χ2n) is 5.49. The van der Waals surface area contributed by atoms with E-state index in [1.807, 2.05) is 0 Å². The van der Waals surface area contributed by atoms with E-state index in [4.69, 9.17) is 32.8 Å². The molecule has 8 heteroatoms. The lowest BCUT2D eigenvalue weighted by Crippen LogP contribution is -2.05. The van der Waals surface area contributed by atoms with Crippen molar-refractivity contribution in [3.05, 3.63) is 35.6 Å². The Morgan fingerprint density at radius 3 is 2.46 bits per heavy atom. The molecule has 2 heterocycles. The minimum Gasteiger partial charge on any atom is -0.467 e. The molecule has 1 aliphatic rings. The highest BCUT2D eigenvalue weighted by atomic mass is 16.7. The van der Waals surface area contributed by atoms with Crippen molar-refractivity contribution in [1.29, 1.82) is 0 Å². The number of aliphatic hydroxyl groups is 1. The smallest absolute Gasteiger partial charge is 0.217 e. The van der Waals surface area contributed by atoms with Crippen molar-refractivity contribution < 1.29 is 37.9 Å². The van der Waals surface area contributed by atoms with Gasteiger partial charge in [-0.15, -0.1) is 0 Å². The van der Waals surface area contributed by atoms with Crippen LogP contribution in [0.3, 0.4) is 0 Å². The zero-order chi connectivity index (χ0) is 18.4. The molecule has 0 aliphatic carbocycles. The first kappa shape index (κ1) is 18.7. The van der Waals surface area contributed by atoms with Gasteiger partial charge in [0, 0.05) is 20.3 Å². The summed E-state index contributed by atoms with van der Waals surface area (Å²) >= 11 is 0. The van der Waals surface area contributed by atoms with E-state index in [-0.39, 0.29) is 20.2 Å². The number of methoxy groups -OCH3 is 2. The molecule has 3 rings (SSSR count). The molecular weight excluding hydrogens is 344 g/mol. The maximum Gasteiger partial charge on any atom is 0.217 e. The van der Waals surface area contributed by atoms with E-state index in [2.05, 4.69) is 0 Å². The van der Waals surface area contributed by atoms with Crippen molar-refractivity contribution in [3.63, 3.8) is 0 Å². The Hall–Kier alpha value is -2.10. The van der Waals surface area contributed by atoms with Gasteiger partial charge in [0.15, 0.2) is 19.3 Å². The summed E-state index contributed by atoms with van der Waals surface area (Å²) in [4.78, 5) is 0. The van der Waals surface area contributed by atoms with Gasteiger partial charge in [0.2, 0.25) is 6.29 Å². The summed E-state index contributed by atoms with van der Waals surface area (Å²) in [5.41, 5.74) is 1.19. The summed E-state index contributed by atoms with van der Waals surface area (Å²) in [7, 11) is 3.05. The number of hydrogen-bond donors (Lipinski definition) is 1. The molecule has 0 unspecified atom stereocenters. The molecule has 0 radical (unpaired) electrons. The van der Waals surface area contributed by atoms with Crippen LogP contribution < -0.4 is 9.47 Å². The van der Waals surface area contributed by atoms with Gasteiger partial charge in [0.1, 0.15) is 17.3 Å². The van der Waals surface area contributed by atoms with Crippen molar-refractivity contribution in [2.75, 3.05) is 41.0 Å². The van der Waals surface area contributed by atoms with Gasteiger partial charge in [0.05, 0.1) is 25.4 Å². The summed E-state index contributed by atoms with van der Waals surface area (Å²) in [6, 6.07) is 6.96. The Morgan fingerprint density at radius 2 is 1.77 bits per heavy atom. The molecule has 2 aromatic rings. The quantitative estimate of drug-likeness (QED) is 0.677. The minimum atomic E-state index is -0.519. The molecule has 1 N–H and O–H groups in total. The van der Waals surface area contributed by atoms with Crippen molar-refractivity contribution in [2.45, 2.75) is 12.9 Å². The van der Waals surface area contributed by atoms with Gasteiger partial charge < -0.3 is 37.9 Å². The topological polar surface area (TPSA) is 88.8 Å². The molecule has 26 heavy (non-hydrogen) atoms. The molecule has 0 spiro atoms. The average Bonchev–Trinajstić information content (AvgIpc) is 3.35. The van der Waals surface area contributed by atoms with Gasteiger partial charge >= 0.3 is 0 Å². The maximum atomic E-state index is 9.83. The predicted octanol–water partition coefficient (Wildman–Crippen LogP) is 2.45. The lowest BCUT2D eigenvalue weighted by Gasteiger charge is -2.16. The molecule has 0 saturated carbocycles. The number of rotatable bonds is 9. The molecule has 1 fully saturated rings. The SMILES string of the molecule is COCOc1cc(CO)c(-c2ccc(C3OCCO3)o2)c(OCOC)c1. The van der Waals surface area contributed by atoms with Crippen LogP contribution in [0.25, 0.3) is 11.3 Å². The number of aliphatic hydroxyl groups excluding tert-OH is 1. The van der Waals surface area contributed by atoms with E-state index in [0.717, 1.165) is 0 Å². The second-order valence-corrected chi connectivity index (χ2v) is 5.49. The van der Waals surface area contributed by atoms with Crippen LogP contribution in [0, 0.1) is 0 Å². The fourth-order valence-corrected chi connectivity index (χ4v) is 2.63. The standard InChI is InChI=1S/C18H22O8/c1-20-10-24-13-7-12(9-19)17(16(8-13)25-11-21-2)14-3-4-15(26-14)18-22-5-6-23-18/h3-4,7-8,18-19H,5-6,9-11H2,1-2H3. The Morgan fingerprint density at radius 1 is 1.04 bits per heavy atom. The van der Waals surface area contributed by atoms with Crippen LogP contribution >= 0.6 is 0 Å². The zero-order valence-electron chi connectivity index (χ0n) is 14.7. The van der Waals surface area contributed by atoms with Crippen molar-refractivity contribution >= 4 is 0 Å². The van der Waals surface area contributed by atoms with Gasteiger partial charge in [0.25, 0.3) is 0 Å². The third kappa shape index (κ3) is 4.17. The van der Waals surface area contributed by atoms with Crippen LogP contribution in [0.4, 0.5) is 0 Å². The van der Waals surface area contributed by atoms with Gasteiger partial charge in [-0.3, -0.25) is 0 Å². The first-order valence-electron chi connectivity index (χ1n) is 8.11. The molecule has 1 aliphatic heterocycles. The molecule has 8 nitrogen and oxygen atoms in total. The largest absolute Gasteiger partial charge is 0.467 e. The van der Waals surface area contributed by atoms with Crippen LogP contribution in [0.15, 0.2) is 28.7 Å². The number of furan rings is 1. The third-order valence-corrected chi connectivity index (χ3v) is 3.73. The highest BCUT2D eigenvalue weighted by molar-refractivity contribution is 5.72. The van der Waals surface area contributed by atoms with Gasteiger partial charge in [-0.2, -0.15) is 0 Å². The maximum absolute atomic E-state index is 9.83. The molecule has 1 aromatic heterocycles. The summed E-state index contributed by atoms with van der Waals surface area (Å²) in [6.07, 6.45) is -0.519. The number of ether oxygens (including phenoxy) is 6. The van der Waals surface area contributed by atoms with E-state index in [1.54, 1.807) is 24.3 Å². The molecule has 0 atom stereocenters. The summed E-state index contributed by atoms with van der Waals surface area (Å²) < 4.78 is 37.8. The van der Waals surface area contributed by atoms with Crippen LogP contribution in [-0.4, -0.2) is 46.1 Å². The highest BCUT2D eigenvalue weighted by Gasteiger charge is 2.24. The van der Waals surface area contributed by atoms with E-state index in [9.17, 15) is 5.11 Å². The van der Waals surface area contributed by atoms with Crippen molar-refractivity contribution in [1.82, 2.24) is 0 Å². The predicted molar refractivity (Wildman–Crippen MR) is 89.7 cm³/mol. The molecule has 1 saturated heterocycles. The fourth-order valence-electron chi connectivity index (χ4n) is 2.63. The van der Waals surface area contributed by atoms with Crippen molar-refractivity contribution in [3.8, 4) is 22.8 Å². The normalized spacial score (nSPS) is 14.7. The Bertz CT molecular complexity index is 705. The van der Waals surface area contributed by atoms with Gasteiger partial charge in [-0.05, 0) is 23.8 Å². The lowest BCUT2D eigenvalue weighted by atomic mass is 10.0.